The second-order valence-corrected chi connectivity index (χ2v) is 10.1. The van der Waals surface area contributed by atoms with Crippen LogP contribution in [0.1, 0.15) is 35.6 Å². The molecule has 0 unspecified atom stereocenters. The number of aryl methyl sites for hydroxylation is 1. The number of carbonyl (C=O) groups excluding carboxylic acids is 1. The van der Waals surface area contributed by atoms with Crippen molar-refractivity contribution in [2.75, 3.05) is 11.9 Å². The summed E-state index contributed by atoms with van der Waals surface area (Å²) in [5.74, 6) is -0.0520. The summed E-state index contributed by atoms with van der Waals surface area (Å²) >= 11 is 5.85. The highest BCUT2D eigenvalue weighted by Crippen LogP contribution is 2.40. The molecule has 1 fully saturated rings. The van der Waals surface area contributed by atoms with E-state index in [1.807, 2.05) is 78.9 Å². The lowest BCUT2D eigenvalue weighted by Crippen LogP contribution is -2.33. The fourth-order valence-corrected chi connectivity index (χ4v) is 5.79. The average Bonchev–Trinajstić information content (AvgIpc) is 3.51. The molecule has 3 heterocycles. The Morgan fingerprint density at radius 1 is 0.923 bits per heavy atom. The van der Waals surface area contributed by atoms with E-state index in [4.69, 9.17) is 12.2 Å². The molecule has 6 nitrogen and oxygen atoms in total. The van der Waals surface area contributed by atoms with Gasteiger partial charge in [-0.2, -0.15) is 0 Å². The summed E-state index contributed by atoms with van der Waals surface area (Å²) in [5.41, 5.74) is 5.03. The molecule has 5 aromatic rings. The third-order valence-electron chi connectivity index (χ3n) is 7.26. The van der Waals surface area contributed by atoms with Gasteiger partial charge in [-0.3, -0.25) is 9.78 Å². The molecule has 2 atom stereocenters. The van der Waals surface area contributed by atoms with Crippen LogP contribution in [0.5, 0.6) is 0 Å². The van der Waals surface area contributed by atoms with Crippen molar-refractivity contribution in [2.24, 2.45) is 0 Å². The number of thiocarbonyl (C=S) groups is 1. The Balaban J connectivity index is 1.30. The van der Waals surface area contributed by atoms with Crippen LogP contribution >= 0.6 is 12.2 Å². The molecule has 7 heteroatoms. The molecule has 1 aliphatic heterocycles. The van der Waals surface area contributed by atoms with Crippen LogP contribution in [0.15, 0.2) is 109 Å². The van der Waals surface area contributed by atoms with Gasteiger partial charge in [0.15, 0.2) is 5.11 Å². The van der Waals surface area contributed by atoms with Gasteiger partial charge in [0.2, 0.25) is 5.91 Å². The summed E-state index contributed by atoms with van der Waals surface area (Å²) in [7, 11) is 0. The van der Waals surface area contributed by atoms with E-state index < -0.39 is 0 Å². The lowest BCUT2D eigenvalue weighted by Gasteiger charge is -2.29. The maximum Gasteiger partial charge on any atom is 0.226 e. The molecule has 39 heavy (non-hydrogen) atoms. The smallest absolute Gasteiger partial charge is 0.226 e. The molecule has 0 saturated carbocycles. The zero-order valence-corrected chi connectivity index (χ0v) is 22.4. The van der Waals surface area contributed by atoms with Gasteiger partial charge in [-0.1, -0.05) is 60.7 Å². The summed E-state index contributed by atoms with van der Waals surface area (Å²) in [6, 6.07) is 34.2. The number of hydrogen-bond donors (Lipinski definition) is 2. The van der Waals surface area contributed by atoms with Gasteiger partial charge in [0.25, 0.3) is 0 Å². The first-order valence-corrected chi connectivity index (χ1v) is 13.5. The highest BCUT2D eigenvalue weighted by molar-refractivity contribution is 7.80. The zero-order valence-electron chi connectivity index (χ0n) is 21.6. The minimum atomic E-state index is -0.156. The van der Waals surface area contributed by atoms with Crippen molar-refractivity contribution in [1.82, 2.24) is 19.8 Å². The van der Waals surface area contributed by atoms with Crippen molar-refractivity contribution >= 4 is 39.7 Å². The first kappa shape index (κ1) is 24.8. The van der Waals surface area contributed by atoms with Crippen molar-refractivity contribution in [1.29, 1.82) is 0 Å². The molecule has 0 aliphatic carbocycles. The number of benzene rings is 3. The van der Waals surface area contributed by atoms with E-state index in [0.29, 0.717) is 18.1 Å². The predicted molar refractivity (Wildman–Crippen MR) is 160 cm³/mol. The van der Waals surface area contributed by atoms with Crippen LogP contribution in [0, 0.1) is 6.92 Å². The highest BCUT2D eigenvalue weighted by Gasteiger charge is 2.41. The first-order valence-electron chi connectivity index (χ1n) is 13.1. The van der Waals surface area contributed by atoms with Crippen LogP contribution in [0.2, 0.25) is 0 Å². The fourth-order valence-electron chi connectivity index (χ4n) is 5.46. The molecule has 2 aromatic heterocycles. The van der Waals surface area contributed by atoms with Gasteiger partial charge < -0.3 is 20.1 Å². The number of fused-ring (bicyclic) bond motifs is 1. The number of amides is 1. The van der Waals surface area contributed by atoms with Gasteiger partial charge in [0.05, 0.1) is 17.8 Å². The molecule has 2 N–H and O–H groups in total. The van der Waals surface area contributed by atoms with Crippen LogP contribution in [0.4, 0.5) is 5.69 Å². The summed E-state index contributed by atoms with van der Waals surface area (Å²) in [5, 5.41) is 9.35. The third-order valence-corrected chi connectivity index (χ3v) is 7.62. The molecule has 1 amide bonds. The predicted octanol–water partition coefficient (Wildman–Crippen LogP) is 6.34. The number of aromatic nitrogens is 2. The minimum absolute atomic E-state index is 0.0520. The van der Waals surface area contributed by atoms with Gasteiger partial charge in [0, 0.05) is 47.3 Å². The summed E-state index contributed by atoms with van der Waals surface area (Å²) < 4.78 is 2.26. The Bertz CT molecular complexity index is 1630. The van der Waals surface area contributed by atoms with Crippen LogP contribution in [-0.4, -0.2) is 32.0 Å². The number of pyridine rings is 1. The lowest BCUT2D eigenvalue weighted by molar-refractivity contribution is -0.116. The topological polar surface area (TPSA) is 62.2 Å². The largest absolute Gasteiger partial charge is 0.352 e. The van der Waals surface area contributed by atoms with Gasteiger partial charge in [-0.15, -0.1) is 0 Å². The van der Waals surface area contributed by atoms with Crippen molar-refractivity contribution in [3.05, 3.63) is 126 Å². The maximum absolute atomic E-state index is 13.2. The van der Waals surface area contributed by atoms with E-state index >= 15 is 0 Å². The monoisotopic (exact) mass is 531 g/mol. The van der Waals surface area contributed by atoms with Crippen LogP contribution in [0.3, 0.4) is 0 Å². The van der Waals surface area contributed by atoms with Gasteiger partial charge in [0.1, 0.15) is 0 Å². The quantitative estimate of drug-likeness (QED) is 0.240. The van der Waals surface area contributed by atoms with Crippen LogP contribution in [-0.2, 0) is 4.79 Å². The normalized spacial score (nSPS) is 16.8. The van der Waals surface area contributed by atoms with E-state index in [1.165, 1.54) is 0 Å². The number of nitrogens with one attached hydrogen (secondary N) is 2. The Morgan fingerprint density at radius 2 is 1.69 bits per heavy atom. The third kappa shape index (κ3) is 4.89. The van der Waals surface area contributed by atoms with Crippen molar-refractivity contribution in [2.45, 2.75) is 25.4 Å². The second kappa shape index (κ2) is 10.7. The van der Waals surface area contributed by atoms with Gasteiger partial charge in [-0.05, 0) is 67.0 Å². The molecule has 0 radical (unpaired) electrons. The number of anilines is 1. The van der Waals surface area contributed by atoms with Crippen LogP contribution in [0.25, 0.3) is 16.5 Å². The molecular formula is C32H29N5OS. The number of rotatable bonds is 7. The van der Waals surface area contributed by atoms with Crippen molar-refractivity contribution < 1.29 is 4.79 Å². The zero-order chi connectivity index (χ0) is 26.8. The molecule has 0 bridgehead atoms. The molecule has 1 aliphatic rings. The number of carbonyl (C=O) groups is 1. The van der Waals surface area contributed by atoms with Crippen molar-refractivity contribution in [3.8, 4) is 5.69 Å². The standard InChI is InChI=1S/C32H29N5OS/c1-22-17-18-28(37(22)24-12-3-2-4-13-24)31-30(27-15-7-8-20-33-27)35-32(39)36(31)21-19-29(38)34-26-16-9-11-23-10-5-6-14-25(23)26/h2-18,20,30-31H,19,21H2,1H3,(H,34,38)(H,35,39)/t30-,31-/m0/s1. The highest BCUT2D eigenvalue weighted by atomic mass is 32.1. The van der Waals surface area contributed by atoms with E-state index in [-0.39, 0.29) is 18.0 Å². The molecule has 1 saturated heterocycles. The average molecular weight is 532 g/mol. The lowest BCUT2D eigenvalue weighted by atomic mass is 10.0. The summed E-state index contributed by atoms with van der Waals surface area (Å²) in [4.78, 5) is 20.0. The SMILES string of the molecule is Cc1ccc([C@H]2[C@H](c3ccccn3)NC(=S)N2CCC(=O)Nc2cccc3ccccc23)n1-c1ccccc1. The van der Waals surface area contributed by atoms with Crippen LogP contribution < -0.4 is 10.6 Å². The maximum atomic E-state index is 13.2. The minimum Gasteiger partial charge on any atom is -0.352 e. The first-order chi connectivity index (χ1) is 19.1. The second-order valence-electron chi connectivity index (χ2n) is 9.72. The molecule has 0 spiro atoms. The van der Waals surface area contributed by atoms with Gasteiger partial charge in [-0.25, -0.2) is 0 Å². The molecule has 6 rings (SSSR count). The molecule has 3 aromatic carbocycles. The number of nitrogens with zero attached hydrogens (tertiary/aromatic N) is 3. The summed E-state index contributed by atoms with van der Waals surface area (Å²) in [6.07, 6.45) is 2.10. The van der Waals surface area contributed by atoms with E-state index in [9.17, 15) is 4.79 Å². The Kier molecular flexibility index (Phi) is 6.82. The molecule has 194 valence electrons. The molecular weight excluding hydrogens is 502 g/mol. The Labute approximate surface area is 233 Å². The fraction of sp³-hybridized carbons (Fsp3) is 0.156. The Morgan fingerprint density at radius 3 is 2.51 bits per heavy atom. The van der Waals surface area contributed by atoms with Gasteiger partial charge >= 0.3 is 0 Å². The van der Waals surface area contributed by atoms with Crippen molar-refractivity contribution in [3.63, 3.8) is 0 Å². The Hall–Kier alpha value is -4.49. The van der Waals surface area contributed by atoms with E-state index in [1.54, 1.807) is 6.20 Å². The van der Waals surface area contributed by atoms with E-state index in [2.05, 4.69) is 56.3 Å². The number of hydrogen-bond acceptors (Lipinski definition) is 3. The van der Waals surface area contributed by atoms with E-state index in [0.717, 1.165) is 39.2 Å². The number of para-hydroxylation sites is 1. The summed E-state index contributed by atoms with van der Waals surface area (Å²) in [6.45, 7) is 2.57.